The molecule has 1 aliphatic rings. The van der Waals surface area contributed by atoms with E-state index in [1.54, 1.807) is 0 Å². The van der Waals surface area contributed by atoms with Crippen molar-refractivity contribution in [2.75, 3.05) is 6.54 Å². The topological polar surface area (TPSA) is 37.4 Å². The van der Waals surface area contributed by atoms with Crippen LogP contribution in [0.3, 0.4) is 0 Å². The molecule has 1 fully saturated rings. The molecule has 0 N–H and O–H groups in total. The smallest absolute Gasteiger partial charge is 0.290 e. The quantitative estimate of drug-likeness (QED) is 0.707. The molecule has 3 nitrogen and oxygen atoms in total. The molecule has 0 spiro atoms. The van der Waals surface area contributed by atoms with E-state index in [2.05, 4.69) is 6.92 Å². The predicted molar refractivity (Wildman–Crippen MR) is 68.7 cm³/mol. The molecule has 0 aromatic heterocycles. The summed E-state index contributed by atoms with van der Waals surface area (Å²) in [5, 5.41) is 0. The van der Waals surface area contributed by atoms with Crippen molar-refractivity contribution < 1.29 is 9.59 Å². The molecule has 1 saturated heterocycles. The first-order valence-electron chi connectivity index (χ1n) is 6.73. The van der Waals surface area contributed by atoms with Crippen molar-refractivity contribution in [2.24, 2.45) is 5.41 Å². The van der Waals surface area contributed by atoms with E-state index in [9.17, 15) is 9.59 Å². The maximum atomic E-state index is 12.1. The fourth-order valence-electron chi connectivity index (χ4n) is 2.29. The number of amides is 1. The van der Waals surface area contributed by atoms with Gasteiger partial charge in [-0.15, -0.1) is 0 Å². The molecule has 1 aliphatic heterocycles. The zero-order valence-electron chi connectivity index (χ0n) is 11.6. The molecule has 1 unspecified atom stereocenters. The fraction of sp³-hybridized carbons (Fsp3) is 0.857. The van der Waals surface area contributed by atoms with Gasteiger partial charge in [0.05, 0.1) is 0 Å². The lowest BCUT2D eigenvalue weighted by molar-refractivity contribution is -0.149. The molecule has 0 aromatic carbocycles. The Bertz CT molecular complexity index is 291. The highest BCUT2D eigenvalue weighted by Crippen LogP contribution is 2.25. The summed E-state index contributed by atoms with van der Waals surface area (Å²) in [7, 11) is 0. The summed E-state index contributed by atoms with van der Waals surface area (Å²) in [5.41, 5.74) is -0.561. The zero-order chi connectivity index (χ0) is 13.1. The number of carbonyl (C=O) groups is 2. The highest BCUT2D eigenvalue weighted by atomic mass is 16.2. The van der Waals surface area contributed by atoms with Crippen molar-refractivity contribution in [1.29, 1.82) is 0 Å². The number of ketones is 1. The summed E-state index contributed by atoms with van der Waals surface area (Å²) >= 11 is 0. The number of nitrogens with zero attached hydrogens (tertiary/aromatic N) is 1. The van der Waals surface area contributed by atoms with Crippen LogP contribution < -0.4 is 0 Å². The molecule has 1 atom stereocenters. The average Bonchev–Trinajstić information content (AvgIpc) is 2.71. The molecule has 0 aromatic rings. The minimum Gasteiger partial charge on any atom is -0.333 e. The molecule has 0 radical (unpaired) electrons. The first-order valence-corrected chi connectivity index (χ1v) is 6.73. The lowest BCUT2D eigenvalue weighted by atomic mass is 9.90. The fourth-order valence-corrected chi connectivity index (χ4v) is 2.29. The van der Waals surface area contributed by atoms with E-state index in [-0.39, 0.29) is 11.7 Å². The van der Waals surface area contributed by atoms with Crippen LogP contribution in [0.1, 0.15) is 59.8 Å². The van der Waals surface area contributed by atoms with Gasteiger partial charge in [-0.2, -0.15) is 0 Å². The Balaban J connectivity index is 2.65. The highest BCUT2D eigenvalue weighted by molar-refractivity contribution is 6.37. The van der Waals surface area contributed by atoms with E-state index < -0.39 is 5.41 Å². The second kappa shape index (κ2) is 5.65. The van der Waals surface area contributed by atoms with Gasteiger partial charge in [0, 0.05) is 18.0 Å². The average molecular weight is 239 g/mol. The van der Waals surface area contributed by atoms with E-state index in [1.807, 2.05) is 25.7 Å². The molecular formula is C14H25NO2. The van der Waals surface area contributed by atoms with Gasteiger partial charge < -0.3 is 4.90 Å². The van der Waals surface area contributed by atoms with Crippen LogP contribution >= 0.6 is 0 Å². The number of hydrogen-bond donors (Lipinski definition) is 0. The Morgan fingerprint density at radius 1 is 1.29 bits per heavy atom. The first kappa shape index (κ1) is 14.2. The standard InChI is InChI=1S/C14H25NO2/c1-5-6-8-11-9-7-10-15(11)13(17)12(16)14(2,3)4/h11H,5-10H2,1-4H3. The highest BCUT2D eigenvalue weighted by Gasteiger charge is 2.36. The van der Waals surface area contributed by atoms with Gasteiger partial charge in [0.15, 0.2) is 0 Å². The molecule has 1 rings (SSSR count). The number of rotatable bonds is 4. The maximum Gasteiger partial charge on any atom is 0.290 e. The van der Waals surface area contributed by atoms with E-state index >= 15 is 0 Å². The van der Waals surface area contributed by atoms with Gasteiger partial charge in [-0.05, 0) is 19.3 Å². The summed E-state index contributed by atoms with van der Waals surface area (Å²) in [6, 6.07) is 0.300. The lowest BCUT2D eigenvalue weighted by Crippen LogP contribution is -2.44. The van der Waals surface area contributed by atoms with E-state index in [0.29, 0.717) is 6.04 Å². The van der Waals surface area contributed by atoms with Crippen LogP contribution in [-0.2, 0) is 9.59 Å². The molecule has 3 heteroatoms. The Kier molecular flexibility index (Phi) is 4.72. The molecule has 0 aliphatic carbocycles. The molecular weight excluding hydrogens is 214 g/mol. The number of likely N-dealkylation sites (tertiary alicyclic amines) is 1. The predicted octanol–water partition coefficient (Wildman–Crippen LogP) is 2.78. The number of carbonyl (C=O) groups excluding carboxylic acids is 2. The minimum absolute atomic E-state index is 0.249. The molecule has 1 amide bonds. The van der Waals surface area contributed by atoms with Gasteiger partial charge in [-0.1, -0.05) is 40.5 Å². The van der Waals surface area contributed by atoms with Gasteiger partial charge in [-0.3, -0.25) is 9.59 Å². The Morgan fingerprint density at radius 3 is 2.47 bits per heavy atom. The van der Waals surface area contributed by atoms with Gasteiger partial charge in [0.25, 0.3) is 5.91 Å². The number of unbranched alkanes of at least 4 members (excludes halogenated alkanes) is 1. The van der Waals surface area contributed by atoms with Crippen LogP contribution in [0, 0.1) is 5.41 Å². The van der Waals surface area contributed by atoms with Crippen LogP contribution in [0.2, 0.25) is 0 Å². The van der Waals surface area contributed by atoms with Gasteiger partial charge in [0.2, 0.25) is 5.78 Å². The van der Waals surface area contributed by atoms with Crippen LogP contribution in [0.15, 0.2) is 0 Å². The summed E-state index contributed by atoms with van der Waals surface area (Å²) in [4.78, 5) is 25.9. The Labute approximate surface area is 105 Å². The van der Waals surface area contributed by atoms with Gasteiger partial charge in [0.1, 0.15) is 0 Å². The van der Waals surface area contributed by atoms with Crippen LogP contribution in [0.5, 0.6) is 0 Å². The van der Waals surface area contributed by atoms with Crippen molar-refractivity contribution in [2.45, 2.75) is 65.8 Å². The molecule has 0 saturated carbocycles. The zero-order valence-corrected chi connectivity index (χ0v) is 11.6. The number of hydrogen-bond acceptors (Lipinski definition) is 2. The molecule has 98 valence electrons. The summed E-state index contributed by atoms with van der Waals surface area (Å²) in [6.07, 6.45) is 5.42. The largest absolute Gasteiger partial charge is 0.333 e. The maximum absolute atomic E-state index is 12.1. The van der Waals surface area contributed by atoms with Gasteiger partial charge >= 0.3 is 0 Å². The van der Waals surface area contributed by atoms with Crippen molar-refractivity contribution in [3.05, 3.63) is 0 Å². The SMILES string of the molecule is CCCCC1CCCN1C(=O)C(=O)C(C)(C)C. The molecule has 0 bridgehead atoms. The third-order valence-electron chi connectivity index (χ3n) is 3.40. The first-order chi connectivity index (χ1) is 7.88. The summed E-state index contributed by atoms with van der Waals surface area (Å²) in [5.74, 6) is -0.517. The van der Waals surface area contributed by atoms with E-state index in [4.69, 9.17) is 0 Å². The van der Waals surface area contributed by atoms with Gasteiger partial charge in [-0.25, -0.2) is 0 Å². The second-order valence-corrected chi connectivity index (χ2v) is 6.02. The van der Waals surface area contributed by atoms with Crippen molar-refractivity contribution in [3.63, 3.8) is 0 Å². The summed E-state index contributed by atoms with van der Waals surface area (Å²) < 4.78 is 0. The molecule has 1 heterocycles. The van der Waals surface area contributed by atoms with Crippen molar-refractivity contribution >= 4 is 11.7 Å². The van der Waals surface area contributed by atoms with Crippen LogP contribution in [0.25, 0.3) is 0 Å². The Hall–Kier alpha value is -0.860. The molecule has 17 heavy (non-hydrogen) atoms. The third kappa shape index (κ3) is 3.55. The van der Waals surface area contributed by atoms with E-state index in [1.165, 1.54) is 0 Å². The minimum atomic E-state index is -0.561. The number of Topliss-reactive ketones (excluding diaryl/α,β-unsaturated/α-hetero) is 1. The normalized spacial score (nSPS) is 20.7. The summed E-state index contributed by atoms with van der Waals surface area (Å²) in [6.45, 7) is 8.34. The van der Waals surface area contributed by atoms with Crippen molar-refractivity contribution in [3.8, 4) is 0 Å². The second-order valence-electron chi connectivity index (χ2n) is 6.02. The van der Waals surface area contributed by atoms with E-state index in [0.717, 1.165) is 38.6 Å². The van der Waals surface area contributed by atoms with Crippen LogP contribution in [-0.4, -0.2) is 29.2 Å². The Morgan fingerprint density at radius 2 is 1.94 bits per heavy atom. The third-order valence-corrected chi connectivity index (χ3v) is 3.40. The monoisotopic (exact) mass is 239 g/mol. The van der Waals surface area contributed by atoms with Crippen LogP contribution in [0.4, 0.5) is 0 Å². The van der Waals surface area contributed by atoms with Crippen molar-refractivity contribution in [1.82, 2.24) is 4.90 Å². The lowest BCUT2D eigenvalue weighted by Gasteiger charge is -2.27.